The Bertz CT molecular complexity index is 1310. The minimum atomic E-state index is -4.23. The van der Waals surface area contributed by atoms with Gasteiger partial charge in [-0.2, -0.15) is 5.26 Å². The highest BCUT2D eigenvalue weighted by molar-refractivity contribution is 7.91. The first-order chi connectivity index (χ1) is 16.2. The van der Waals surface area contributed by atoms with Crippen LogP contribution in [0.5, 0.6) is 5.75 Å². The average Bonchev–Trinajstić information content (AvgIpc) is 2.73. The summed E-state index contributed by atoms with van der Waals surface area (Å²) in [7, 11) is -4.23. The van der Waals surface area contributed by atoms with E-state index < -0.39 is 74.1 Å². The van der Waals surface area contributed by atoms with Gasteiger partial charge in [-0.1, -0.05) is 0 Å². The number of hydrogen-bond acceptors (Lipinski definition) is 12. The molecule has 2 rings (SSSR count). The molecule has 16 nitrogen and oxygen atoms in total. The fourth-order valence-electron chi connectivity index (χ4n) is 3.07. The van der Waals surface area contributed by atoms with Gasteiger partial charge in [-0.3, -0.25) is 24.5 Å². The summed E-state index contributed by atoms with van der Waals surface area (Å²) < 4.78 is 30.0. The molecule has 0 aromatic heterocycles. The highest BCUT2D eigenvalue weighted by Gasteiger charge is 2.46. The third kappa shape index (κ3) is 5.87. The molecule has 0 radical (unpaired) electrons. The Morgan fingerprint density at radius 3 is 2.46 bits per heavy atom. The van der Waals surface area contributed by atoms with Gasteiger partial charge in [0.1, 0.15) is 17.4 Å². The van der Waals surface area contributed by atoms with Crippen molar-refractivity contribution in [2.75, 3.05) is 6.26 Å². The monoisotopic (exact) mass is 509 g/mol. The number of carboxylic acid groups (broad SMARTS) is 1. The average molecular weight is 509 g/mol. The van der Waals surface area contributed by atoms with Gasteiger partial charge in [-0.05, 0) is 24.6 Å². The van der Waals surface area contributed by atoms with E-state index in [0.717, 1.165) is 18.2 Å². The first-order valence-corrected chi connectivity index (χ1v) is 11.4. The highest BCUT2D eigenvalue weighted by Crippen LogP contribution is 2.30. The Kier molecular flexibility index (Phi) is 7.74. The van der Waals surface area contributed by atoms with Crippen LogP contribution in [-0.2, 0) is 19.4 Å². The predicted octanol–water partition coefficient (Wildman–Crippen LogP) is -1.59. The van der Waals surface area contributed by atoms with Crippen molar-refractivity contribution in [1.82, 2.24) is 5.01 Å². The lowest BCUT2D eigenvalue weighted by molar-refractivity contribution is -0.420. The molecule has 0 spiro atoms. The number of aliphatic imine (C=N–C) groups is 1. The minimum absolute atomic E-state index is 0.143. The van der Waals surface area contributed by atoms with Crippen molar-refractivity contribution in [2.45, 2.75) is 18.3 Å². The molecule has 35 heavy (non-hydrogen) atoms. The number of nitrogens with zero attached hydrogens (tertiary/aromatic N) is 4. The fraction of sp³-hybridized carbons (Fsp3) is 0.278. The van der Waals surface area contributed by atoms with Gasteiger partial charge in [-0.15, -0.1) is 0 Å². The van der Waals surface area contributed by atoms with Crippen LogP contribution in [0.25, 0.3) is 0 Å². The third-order valence-electron chi connectivity index (χ3n) is 4.63. The maximum absolute atomic E-state index is 12.3. The Balaban J connectivity index is 2.77. The quantitative estimate of drug-likeness (QED) is 0.158. The van der Waals surface area contributed by atoms with E-state index in [9.17, 15) is 38.0 Å². The smallest absolute Gasteiger partial charge is 0.352 e. The second kappa shape index (κ2) is 10.1. The number of rotatable bonds is 10. The van der Waals surface area contributed by atoms with Gasteiger partial charge in [0.15, 0.2) is 9.84 Å². The number of allylic oxidation sites excluding steroid dienone is 1. The van der Waals surface area contributed by atoms with E-state index in [1.807, 2.05) is 0 Å². The fourth-order valence-corrected chi connectivity index (χ4v) is 3.88. The second-order valence-electron chi connectivity index (χ2n) is 7.17. The summed E-state index contributed by atoms with van der Waals surface area (Å²) in [5.41, 5.74) is 5.84. The molecule has 1 heterocycles. The van der Waals surface area contributed by atoms with Crippen LogP contribution in [0.4, 0.5) is 0 Å². The van der Waals surface area contributed by atoms with Crippen molar-refractivity contribution in [3.8, 4) is 11.8 Å². The summed E-state index contributed by atoms with van der Waals surface area (Å²) in [4.78, 5) is 49.3. The Labute approximate surface area is 197 Å². The Morgan fingerprint density at radius 2 is 2.00 bits per heavy atom. The first kappa shape index (κ1) is 26.7. The lowest BCUT2D eigenvalue weighted by Crippen LogP contribution is -2.51. The van der Waals surface area contributed by atoms with Gasteiger partial charge in [0.25, 0.3) is 5.88 Å². The maximum atomic E-state index is 12.3. The number of ether oxygens (including phenoxy) is 1. The number of carbonyl (C=O) groups excluding carboxylic acids is 2. The second-order valence-corrected chi connectivity index (χ2v) is 9.25. The number of hydrogen-bond donors (Lipinski definition) is 4. The number of aliphatic carboxylic acids is 1. The molecule has 1 aliphatic heterocycles. The van der Waals surface area contributed by atoms with E-state index in [4.69, 9.17) is 27.3 Å². The van der Waals surface area contributed by atoms with Crippen molar-refractivity contribution in [1.29, 1.82) is 5.26 Å². The van der Waals surface area contributed by atoms with E-state index >= 15 is 0 Å². The van der Waals surface area contributed by atoms with Gasteiger partial charge in [0.2, 0.25) is 17.3 Å². The Morgan fingerprint density at radius 1 is 1.37 bits per heavy atom. The molecular weight excluding hydrogens is 490 g/mol. The normalized spacial score (nSPS) is 16.7. The zero-order valence-electron chi connectivity index (χ0n) is 17.9. The molecule has 2 atom stereocenters. The number of carboxylic acids is 1. The number of hydrazine groups is 1. The number of nitro groups is 1. The molecule has 17 heteroatoms. The molecule has 0 saturated heterocycles. The summed E-state index contributed by atoms with van der Waals surface area (Å²) in [6.45, 7) is 0. The molecule has 2 amide bonds. The van der Waals surface area contributed by atoms with Crippen molar-refractivity contribution in [2.24, 2.45) is 28.2 Å². The molecule has 1 aromatic rings. The van der Waals surface area contributed by atoms with E-state index in [2.05, 4.69) is 4.99 Å². The maximum Gasteiger partial charge on any atom is 0.352 e. The van der Waals surface area contributed by atoms with Gasteiger partial charge in [0, 0.05) is 12.7 Å². The van der Waals surface area contributed by atoms with E-state index in [-0.39, 0.29) is 16.9 Å². The molecule has 1 aromatic carbocycles. The van der Waals surface area contributed by atoms with Crippen LogP contribution in [0.2, 0.25) is 0 Å². The minimum Gasteiger partial charge on any atom is -0.481 e. The topological polar surface area (TPSA) is 275 Å². The van der Waals surface area contributed by atoms with Crippen LogP contribution in [0.15, 0.2) is 34.8 Å². The highest BCUT2D eigenvalue weighted by atomic mass is 32.2. The van der Waals surface area contributed by atoms with Crippen LogP contribution in [0.1, 0.15) is 28.8 Å². The third-order valence-corrected chi connectivity index (χ3v) is 5.73. The lowest BCUT2D eigenvalue weighted by atomic mass is 9.94. The molecule has 2 unspecified atom stereocenters. The van der Waals surface area contributed by atoms with Crippen molar-refractivity contribution < 1.29 is 37.6 Å². The van der Waals surface area contributed by atoms with Gasteiger partial charge < -0.3 is 21.3 Å². The largest absolute Gasteiger partial charge is 0.481 e. The lowest BCUT2D eigenvalue weighted by Gasteiger charge is -2.31. The number of amides is 2. The molecule has 186 valence electrons. The molecule has 0 saturated carbocycles. The van der Waals surface area contributed by atoms with Crippen molar-refractivity contribution in [3.05, 3.63) is 51.0 Å². The molecule has 0 bridgehead atoms. The van der Waals surface area contributed by atoms with Gasteiger partial charge >= 0.3 is 11.7 Å². The summed E-state index contributed by atoms with van der Waals surface area (Å²) >= 11 is 0. The van der Waals surface area contributed by atoms with Crippen molar-refractivity contribution in [3.63, 3.8) is 0 Å². The number of primary amides is 2. The van der Waals surface area contributed by atoms with E-state index in [1.54, 1.807) is 6.07 Å². The summed E-state index contributed by atoms with van der Waals surface area (Å²) in [6.07, 6.45) is -0.359. The van der Waals surface area contributed by atoms with Crippen LogP contribution in [0, 0.1) is 27.4 Å². The summed E-state index contributed by atoms with van der Waals surface area (Å²) in [5, 5.41) is 31.0. The predicted molar refractivity (Wildman–Crippen MR) is 116 cm³/mol. The standard InChI is InChI=1S/C18H19N7O9S/c1-35(32,33)18-23-13(10(17(28)29)4-5-12(20)26)14(25(30)31)16(24(18)22)34-9-3-2-8(7-19)11(6-9)15(21)27/h2-3,6,10,18H,4-5,22H2,1H3,(H2,20,26)(H2,21,27)(H,28,29). The zero-order chi connectivity index (χ0) is 26.7. The van der Waals surface area contributed by atoms with Crippen LogP contribution < -0.4 is 22.0 Å². The van der Waals surface area contributed by atoms with Crippen LogP contribution in [0.3, 0.4) is 0 Å². The number of sulfone groups is 1. The van der Waals surface area contributed by atoms with Gasteiger partial charge in [0.05, 0.1) is 22.1 Å². The number of nitrogens with two attached hydrogens (primary N) is 3. The molecule has 0 fully saturated rings. The van der Waals surface area contributed by atoms with Gasteiger partial charge in [-0.25, -0.2) is 24.3 Å². The number of benzene rings is 1. The van der Waals surface area contributed by atoms with E-state index in [1.165, 1.54) is 0 Å². The van der Waals surface area contributed by atoms with Crippen LogP contribution in [-0.4, -0.2) is 58.7 Å². The Hall–Kier alpha value is -4.56. The molecule has 0 aliphatic carbocycles. The number of nitriles is 1. The summed E-state index contributed by atoms with van der Waals surface area (Å²) in [6, 6.07) is 4.90. The first-order valence-electron chi connectivity index (χ1n) is 9.41. The molecule has 7 N–H and O–H groups in total. The SMILES string of the molecule is CS(=O)(=O)C1N=C(C(CCC(N)=O)C(=O)O)C([N+](=O)[O-])=C(Oc2ccc(C#N)c(C(N)=O)c2)N1N. The molecular formula is C18H19N7O9S. The molecule has 1 aliphatic rings. The number of carbonyl (C=O) groups is 3. The summed E-state index contributed by atoms with van der Waals surface area (Å²) in [5.74, 6) is -0.883. The van der Waals surface area contributed by atoms with E-state index in [0.29, 0.717) is 11.3 Å². The van der Waals surface area contributed by atoms with Crippen molar-refractivity contribution >= 4 is 33.3 Å². The zero-order valence-corrected chi connectivity index (χ0v) is 18.8. The van der Waals surface area contributed by atoms with Crippen LogP contribution >= 0.6 is 0 Å².